The maximum atomic E-state index is 12.5. The van der Waals surface area contributed by atoms with Gasteiger partial charge in [0.1, 0.15) is 0 Å². The molecule has 1 saturated heterocycles. The van der Waals surface area contributed by atoms with Crippen molar-refractivity contribution in [3.63, 3.8) is 0 Å². The molecule has 0 aromatic heterocycles. The Balaban J connectivity index is 1.42. The number of amides is 1. The molecule has 0 aliphatic carbocycles. The Labute approximate surface area is 185 Å². The lowest BCUT2D eigenvalue weighted by Crippen LogP contribution is -2.48. The van der Waals surface area contributed by atoms with Crippen LogP contribution in [-0.4, -0.2) is 68.2 Å². The van der Waals surface area contributed by atoms with Gasteiger partial charge in [0.15, 0.2) is 11.5 Å². The summed E-state index contributed by atoms with van der Waals surface area (Å²) in [5, 5.41) is 2.98. The number of nitrogens with zero attached hydrogens (tertiary/aromatic N) is 2. The Bertz CT molecular complexity index is 846. The summed E-state index contributed by atoms with van der Waals surface area (Å²) in [6.45, 7) is 10.0. The number of anilines is 1. The summed E-state index contributed by atoms with van der Waals surface area (Å²) >= 11 is 0. The van der Waals surface area contributed by atoms with Crippen molar-refractivity contribution in [1.29, 1.82) is 0 Å². The fourth-order valence-electron chi connectivity index (χ4n) is 3.56. The Kier molecular flexibility index (Phi) is 8.94. The standard InChI is InChI=1S/C25H33N3O3/c1-3-30-23-13-12-22(19-24(23)31-4-2)26-25(29)20-28-17-15-27(16-18-28)14-8-11-21-9-6-5-7-10-21/h5-13,19H,3-4,14-18,20H2,1-2H3,(H,26,29)/b11-8+. The van der Waals surface area contributed by atoms with E-state index in [2.05, 4.69) is 51.5 Å². The summed E-state index contributed by atoms with van der Waals surface area (Å²) in [7, 11) is 0. The molecule has 2 aromatic carbocycles. The zero-order valence-corrected chi connectivity index (χ0v) is 18.5. The first-order valence-electron chi connectivity index (χ1n) is 11.0. The van der Waals surface area contributed by atoms with E-state index in [1.54, 1.807) is 0 Å². The van der Waals surface area contributed by atoms with Crippen molar-refractivity contribution in [2.45, 2.75) is 13.8 Å². The highest BCUT2D eigenvalue weighted by atomic mass is 16.5. The van der Waals surface area contributed by atoms with Crippen molar-refractivity contribution in [3.05, 3.63) is 60.2 Å². The fraction of sp³-hybridized carbons (Fsp3) is 0.400. The van der Waals surface area contributed by atoms with Gasteiger partial charge < -0.3 is 14.8 Å². The van der Waals surface area contributed by atoms with Crippen LogP contribution in [0.15, 0.2) is 54.6 Å². The summed E-state index contributed by atoms with van der Waals surface area (Å²) in [5.74, 6) is 1.34. The number of hydrogen-bond donors (Lipinski definition) is 1. The maximum Gasteiger partial charge on any atom is 0.238 e. The Morgan fingerprint density at radius 1 is 0.935 bits per heavy atom. The highest BCUT2D eigenvalue weighted by Crippen LogP contribution is 2.30. The van der Waals surface area contributed by atoms with Crippen molar-refractivity contribution in [2.24, 2.45) is 0 Å². The van der Waals surface area contributed by atoms with Gasteiger partial charge in [-0.2, -0.15) is 0 Å². The lowest BCUT2D eigenvalue weighted by molar-refractivity contribution is -0.117. The van der Waals surface area contributed by atoms with Gasteiger partial charge in [0.05, 0.1) is 19.8 Å². The van der Waals surface area contributed by atoms with Crippen LogP contribution in [0.5, 0.6) is 11.5 Å². The van der Waals surface area contributed by atoms with Crippen molar-refractivity contribution < 1.29 is 14.3 Å². The maximum absolute atomic E-state index is 12.5. The third-order valence-electron chi connectivity index (χ3n) is 5.13. The average molecular weight is 424 g/mol. The number of hydrogen-bond acceptors (Lipinski definition) is 5. The zero-order chi connectivity index (χ0) is 21.9. The third kappa shape index (κ3) is 7.42. The minimum absolute atomic E-state index is 0.0102. The minimum atomic E-state index is -0.0102. The molecule has 0 atom stereocenters. The second-order valence-electron chi connectivity index (χ2n) is 7.47. The molecule has 0 bridgehead atoms. The van der Waals surface area contributed by atoms with Crippen molar-refractivity contribution in [1.82, 2.24) is 9.80 Å². The molecule has 1 heterocycles. The molecular weight excluding hydrogens is 390 g/mol. The smallest absolute Gasteiger partial charge is 0.238 e. The average Bonchev–Trinajstić information content (AvgIpc) is 2.78. The third-order valence-corrected chi connectivity index (χ3v) is 5.13. The number of ether oxygens (including phenoxy) is 2. The molecule has 1 amide bonds. The van der Waals surface area contributed by atoms with Gasteiger partial charge in [-0.3, -0.25) is 14.6 Å². The van der Waals surface area contributed by atoms with Gasteiger partial charge in [-0.1, -0.05) is 42.5 Å². The summed E-state index contributed by atoms with van der Waals surface area (Å²) in [4.78, 5) is 17.1. The van der Waals surface area contributed by atoms with Gasteiger partial charge >= 0.3 is 0 Å². The second kappa shape index (κ2) is 12.1. The van der Waals surface area contributed by atoms with E-state index in [4.69, 9.17) is 9.47 Å². The Morgan fingerprint density at radius 3 is 2.32 bits per heavy atom. The predicted octanol–water partition coefficient (Wildman–Crippen LogP) is 3.75. The Morgan fingerprint density at radius 2 is 1.61 bits per heavy atom. The highest BCUT2D eigenvalue weighted by Gasteiger charge is 2.18. The minimum Gasteiger partial charge on any atom is -0.490 e. The van der Waals surface area contributed by atoms with E-state index in [0.717, 1.165) is 38.4 Å². The van der Waals surface area contributed by atoms with Crippen LogP contribution in [0, 0.1) is 0 Å². The van der Waals surface area contributed by atoms with Gasteiger partial charge in [0, 0.05) is 44.5 Å². The second-order valence-corrected chi connectivity index (χ2v) is 7.47. The van der Waals surface area contributed by atoms with Crippen LogP contribution >= 0.6 is 0 Å². The van der Waals surface area contributed by atoms with E-state index in [0.29, 0.717) is 31.3 Å². The topological polar surface area (TPSA) is 54.0 Å². The number of benzene rings is 2. The SMILES string of the molecule is CCOc1ccc(NC(=O)CN2CCN(C/C=C/c3ccccc3)CC2)cc1OCC. The van der Waals surface area contributed by atoms with Crippen LogP contribution < -0.4 is 14.8 Å². The van der Waals surface area contributed by atoms with Crippen molar-refractivity contribution in [2.75, 3.05) is 57.8 Å². The summed E-state index contributed by atoms with van der Waals surface area (Å²) in [6.07, 6.45) is 4.37. The predicted molar refractivity (Wildman–Crippen MR) is 126 cm³/mol. The van der Waals surface area contributed by atoms with Gasteiger partial charge in [0.2, 0.25) is 5.91 Å². The number of carbonyl (C=O) groups excluding carboxylic acids is 1. The van der Waals surface area contributed by atoms with Gasteiger partial charge in [0.25, 0.3) is 0 Å². The number of piperazine rings is 1. The monoisotopic (exact) mass is 423 g/mol. The number of carbonyl (C=O) groups is 1. The van der Waals surface area contributed by atoms with E-state index in [-0.39, 0.29) is 5.91 Å². The normalized spacial score (nSPS) is 15.2. The largest absolute Gasteiger partial charge is 0.490 e. The first-order chi connectivity index (χ1) is 15.2. The van der Waals surface area contributed by atoms with Crippen LogP contribution in [0.25, 0.3) is 6.08 Å². The summed E-state index contributed by atoms with van der Waals surface area (Å²) < 4.78 is 11.2. The Hall–Kier alpha value is -2.83. The number of rotatable bonds is 10. The zero-order valence-electron chi connectivity index (χ0n) is 18.5. The van der Waals surface area contributed by atoms with E-state index in [1.165, 1.54) is 5.56 Å². The van der Waals surface area contributed by atoms with Crippen LogP contribution in [0.1, 0.15) is 19.4 Å². The molecule has 1 N–H and O–H groups in total. The molecule has 6 nitrogen and oxygen atoms in total. The van der Waals surface area contributed by atoms with Gasteiger partial charge in [-0.25, -0.2) is 0 Å². The summed E-state index contributed by atoms with van der Waals surface area (Å²) in [6, 6.07) is 15.9. The van der Waals surface area contributed by atoms with Gasteiger partial charge in [-0.05, 0) is 31.5 Å². The molecule has 0 radical (unpaired) electrons. The quantitative estimate of drug-likeness (QED) is 0.631. The van der Waals surface area contributed by atoms with Crippen LogP contribution in [0.4, 0.5) is 5.69 Å². The lowest BCUT2D eigenvalue weighted by Gasteiger charge is -2.33. The van der Waals surface area contributed by atoms with Crippen molar-refractivity contribution >= 4 is 17.7 Å². The molecule has 1 aliphatic heterocycles. The van der Waals surface area contributed by atoms with Crippen molar-refractivity contribution in [3.8, 4) is 11.5 Å². The molecule has 0 spiro atoms. The first-order valence-corrected chi connectivity index (χ1v) is 11.0. The van der Waals surface area contributed by atoms with Crippen LogP contribution in [0.3, 0.4) is 0 Å². The van der Waals surface area contributed by atoms with E-state index in [1.807, 2.05) is 38.1 Å². The molecule has 1 fully saturated rings. The number of nitrogens with one attached hydrogen (secondary N) is 1. The van der Waals surface area contributed by atoms with Crippen LogP contribution in [-0.2, 0) is 4.79 Å². The molecule has 166 valence electrons. The lowest BCUT2D eigenvalue weighted by atomic mass is 10.2. The molecule has 0 unspecified atom stereocenters. The molecule has 3 rings (SSSR count). The van der Waals surface area contributed by atoms with E-state index < -0.39 is 0 Å². The molecular formula is C25H33N3O3. The molecule has 0 saturated carbocycles. The summed E-state index contributed by atoms with van der Waals surface area (Å²) in [5.41, 5.74) is 1.95. The molecule has 2 aromatic rings. The fourth-order valence-corrected chi connectivity index (χ4v) is 3.56. The first kappa shape index (κ1) is 22.8. The van der Waals surface area contributed by atoms with E-state index in [9.17, 15) is 4.79 Å². The molecule has 31 heavy (non-hydrogen) atoms. The van der Waals surface area contributed by atoms with Gasteiger partial charge in [-0.15, -0.1) is 0 Å². The van der Waals surface area contributed by atoms with Crippen LogP contribution in [0.2, 0.25) is 0 Å². The van der Waals surface area contributed by atoms with E-state index >= 15 is 0 Å². The highest BCUT2D eigenvalue weighted by molar-refractivity contribution is 5.92. The molecule has 6 heteroatoms. The molecule has 1 aliphatic rings.